The van der Waals surface area contributed by atoms with Gasteiger partial charge in [0.2, 0.25) is 0 Å². The van der Waals surface area contributed by atoms with Crippen LogP contribution < -0.4 is 0 Å². The molecule has 1 aromatic heterocycles. The van der Waals surface area contributed by atoms with Crippen molar-refractivity contribution in [3.63, 3.8) is 0 Å². The zero-order valence-corrected chi connectivity index (χ0v) is 13.0. The number of hydrogen-bond donors (Lipinski definition) is 1. The van der Waals surface area contributed by atoms with E-state index in [0.717, 1.165) is 12.1 Å². The summed E-state index contributed by atoms with van der Waals surface area (Å²) in [7, 11) is 0. The van der Waals surface area contributed by atoms with E-state index in [1.54, 1.807) is 11.1 Å². The van der Waals surface area contributed by atoms with Gasteiger partial charge in [-0.3, -0.25) is 14.3 Å². The average molecular weight is 293 g/mol. The molecule has 1 amide bonds. The number of rotatable bonds is 3. The van der Waals surface area contributed by atoms with Crippen molar-refractivity contribution in [3.8, 4) is 0 Å². The lowest BCUT2D eigenvalue weighted by Crippen LogP contribution is -2.47. The fraction of sp³-hybridized carbons (Fsp3) is 0.667. The monoisotopic (exact) mass is 293 g/mol. The standard InChI is InChI=1S/C15H23N3O3/c1-9(2)18-11(4)13(7-16-18)14(19)17-8-12(15(20)21)6-5-10(17)3/h7,9-10,12H,5-6,8H2,1-4H3,(H,20,21). The number of aromatic nitrogens is 2. The molecule has 1 N–H and O–H groups in total. The van der Waals surface area contributed by atoms with Crippen molar-refractivity contribution in [3.05, 3.63) is 17.5 Å². The molecule has 6 nitrogen and oxygen atoms in total. The van der Waals surface area contributed by atoms with Crippen molar-refractivity contribution in [1.29, 1.82) is 0 Å². The molecule has 2 atom stereocenters. The SMILES string of the molecule is Cc1c(C(=O)N2CC(C(=O)O)CCC2C)cnn1C(C)C. The van der Waals surface area contributed by atoms with Gasteiger partial charge in [-0.15, -0.1) is 0 Å². The highest BCUT2D eigenvalue weighted by Crippen LogP contribution is 2.25. The molecule has 0 aromatic carbocycles. The maximum absolute atomic E-state index is 12.7. The molecule has 0 aliphatic carbocycles. The number of hydrogen-bond acceptors (Lipinski definition) is 3. The van der Waals surface area contributed by atoms with Gasteiger partial charge in [0.1, 0.15) is 0 Å². The molecule has 2 rings (SSSR count). The van der Waals surface area contributed by atoms with E-state index in [9.17, 15) is 14.7 Å². The Hall–Kier alpha value is -1.85. The molecule has 0 bridgehead atoms. The second-order valence-electron chi connectivity index (χ2n) is 6.10. The van der Waals surface area contributed by atoms with Crippen molar-refractivity contribution < 1.29 is 14.7 Å². The van der Waals surface area contributed by atoms with E-state index in [0.29, 0.717) is 12.0 Å². The van der Waals surface area contributed by atoms with Gasteiger partial charge >= 0.3 is 5.97 Å². The quantitative estimate of drug-likeness (QED) is 0.926. The lowest BCUT2D eigenvalue weighted by molar-refractivity contribution is -0.143. The predicted molar refractivity (Wildman–Crippen MR) is 78.2 cm³/mol. The first-order valence-corrected chi connectivity index (χ1v) is 7.40. The molecule has 2 unspecified atom stereocenters. The first kappa shape index (κ1) is 15.5. The van der Waals surface area contributed by atoms with Crippen LogP contribution in [0.3, 0.4) is 0 Å². The summed E-state index contributed by atoms with van der Waals surface area (Å²) < 4.78 is 1.82. The van der Waals surface area contributed by atoms with Crippen LogP contribution in [0.25, 0.3) is 0 Å². The van der Waals surface area contributed by atoms with E-state index >= 15 is 0 Å². The summed E-state index contributed by atoms with van der Waals surface area (Å²) in [4.78, 5) is 25.6. The van der Waals surface area contributed by atoms with Gasteiger partial charge in [0.05, 0.1) is 17.7 Å². The Kier molecular flexibility index (Phi) is 4.34. The lowest BCUT2D eigenvalue weighted by atomic mass is 9.93. The number of amides is 1. The molecule has 2 heterocycles. The van der Waals surface area contributed by atoms with Crippen molar-refractivity contribution in [2.75, 3.05) is 6.54 Å². The molecular weight excluding hydrogens is 270 g/mol. The molecule has 1 aromatic rings. The van der Waals surface area contributed by atoms with E-state index in [2.05, 4.69) is 5.10 Å². The summed E-state index contributed by atoms with van der Waals surface area (Å²) >= 11 is 0. The second kappa shape index (κ2) is 5.87. The number of nitrogens with zero attached hydrogens (tertiary/aromatic N) is 3. The van der Waals surface area contributed by atoms with E-state index in [1.807, 2.05) is 32.4 Å². The molecular formula is C15H23N3O3. The van der Waals surface area contributed by atoms with Gasteiger partial charge in [-0.2, -0.15) is 5.10 Å². The summed E-state index contributed by atoms with van der Waals surface area (Å²) in [5.74, 6) is -1.40. The number of carboxylic acids is 1. The van der Waals surface area contributed by atoms with Crippen LogP contribution in [0.1, 0.15) is 55.7 Å². The van der Waals surface area contributed by atoms with Gasteiger partial charge in [-0.25, -0.2) is 0 Å². The Morgan fingerprint density at radius 3 is 2.57 bits per heavy atom. The van der Waals surface area contributed by atoms with E-state index in [-0.39, 0.29) is 24.5 Å². The predicted octanol–water partition coefficient (Wildman–Crippen LogP) is 2.10. The van der Waals surface area contributed by atoms with Crippen LogP contribution in [0.5, 0.6) is 0 Å². The molecule has 116 valence electrons. The normalized spacial score (nSPS) is 22.6. The van der Waals surface area contributed by atoms with Gasteiger partial charge in [-0.1, -0.05) is 0 Å². The van der Waals surface area contributed by atoms with Crippen LogP contribution in [0.4, 0.5) is 0 Å². The zero-order valence-electron chi connectivity index (χ0n) is 13.0. The van der Waals surface area contributed by atoms with Crippen LogP contribution >= 0.6 is 0 Å². The highest BCUT2D eigenvalue weighted by molar-refractivity contribution is 5.95. The number of likely N-dealkylation sites (tertiary alicyclic amines) is 1. The highest BCUT2D eigenvalue weighted by atomic mass is 16.4. The minimum atomic E-state index is -0.825. The minimum Gasteiger partial charge on any atom is -0.481 e. The highest BCUT2D eigenvalue weighted by Gasteiger charge is 2.34. The largest absolute Gasteiger partial charge is 0.481 e. The van der Waals surface area contributed by atoms with Crippen LogP contribution in [-0.2, 0) is 4.79 Å². The fourth-order valence-electron chi connectivity index (χ4n) is 2.90. The van der Waals surface area contributed by atoms with Crippen LogP contribution in [0.2, 0.25) is 0 Å². The van der Waals surface area contributed by atoms with Gasteiger partial charge < -0.3 is 10.0 Å². The van der Waals surface area contributed by atoms with E-state index < -0.39 is 11.9 Å². The number of piperidine rings is 1. The Labute approximate surface area is 124 Å². The molecule has 6 heteroatoms. The topological polar surface area (TPSA) is 75.4 Å². The average Bonchev–Trinajstić information content (AvgIpc) is 2.80. The molecule has 0 spiro atoms. The van der Waals surface area contributed by atoms with Gasteiger partial charge in [-0.05, 0) is 40.5 Å². The molecule has 1 saturated heterocycles. The first-order valence-electron chi connectivity index (χ1n) is 7.40. The summed E-state index contributed by atoms with van der Waals surface area (Å²) in [6.45, 7) is 8.15. The van der Waals surface area contributed by atoms with E-state index in [1.165, 1.54) is 0 Å². The number of carboxylic acid groups (broad SMARTS) is 1. The molecule has 0 saturated carbocycles. The third-order valence-corrected chi connectivity index (χ3v) is 4.26. The van der Waals surface area contributed by atoms with Gasteiger partial charge in [0.25, 0.3) is 5.91 Å². The maximum Gasteiger partial charge on any atom is 0.308 e. The molecule has 1 aliphatic heterocycles. The number of carbonyl (C=O) groups is 2. The summed E-state index contributed by atoms with van der Waals surface area (Å²) in [5, 5.41) is 13.4. The Morgan fingerprint density at radius 1 is 1.38 bits per heavy atom. The third kappa shape index (κ3) is 2.94. The van der Waals surface area contributed by atoms with Crippen LogP contribution in [0, 0.1) is 12.8 Å². The summed E-state index contributed by atoms with van der Waals surface area (Å²) in [6.07, 6.45) is 2.94. The second-order valence-corrected chi connectivity index (χ2v) is 6.10. The number of carbonyl (C=O) groups excluding carboxylic acids is 1. The summed E-state index contributed by atoms with van der Waals surface area (Å²) in [6, 6.07) is 0.256. The fourth-order valence-corrected chi connectivity index (χ4v) is 2.90. The number of aliphatic carboxylic acids is 1. The minimum absolute atomic E-state index is 0.0647. The van der Waals surface area contributed by atoms with Crippen LogP contribution in [-0.4, -0.2) is 44.3 Å². The molecule has 1 fully saturated rings. The van der Waals surface area contributed by atoms with Gasteiger partial charge in [0, 0.05) is 24.3 Å². The molecule has 0 radical (unpaired) electrons. The maximum atomic E-state index is 12.7. The smallest absolute Gasteiger partial charge is 0.308 e. The summed E-state index contributed by atoms with van der Waals surface area (Å²) in [5.41, 5.74) is 1.40. The Bertz CT molecular complexity index is 550. The Morgan fingerprint density at radius 2 is 2.05 bits per heavy atom. The van der Waals surface area contributed by atoms with Crippen molar-refractivity contribution >= 4 is 11.9 Å². The molecule has 1 aliphatic rings. The van der Waals surface area contributed by atoms with Gasteiger partial charge in [0.15, 0.2) is 0 Å². The van der Waals surface area contributed by atoms with E-state index in [4.69, 9.17) is 0 Å². The Balaban J connectivity index is 2.24. The lowest BCUT2D eigenvalue weighted by Gasteiger charge is -2.36. The van der Waals surface area contributed by atoms with Crippen molar-refractivity contribution in [2.45, 2.75) is 52.6 Å². The van der Waals surface area contributed by atoms with Crippen molar-refractivity contribution in [2.24, 2.45) is 5.92 Å². The molecule has 21 heavy (non-hydrogen) atoms. The zero-order chi connectivity index (χ0) is 15.7. The first-order chi connectivity index (χ1) is 9.82. The third-order valence-electron chi connectivity index (χ3n) is 4.26. The van der Waals surface area contributed by atoms with Crippen LogP contribution in [0.15, 0.2) is 6.20 Å². The van der Waals surface area contributed by atoms with Crippen molar-refractivity contribution in [1.82, 2.24) is 14.7 Å².